The second-order valence-corrected chi connectivity index (χ2v) is 5.88. The molecule has 23 heavy (non-hydrogen) atoms. The second kappa shape index (κ2) is 11.7. The van der Waals surface area contributed by atoms with Crippen molar-refractivity contribution >= 4 is 12.0 Å². The van der Waals surface area contributed by atoms with Crippen LogP contribution in [0.5, 0.6) is 0 Å². The summed E-state index contributed by atoms with van der Waals surface area (Å²) in [6.07, 6.45) is 13.9. The molecule has 6 heteroatoms. The van der Waals surface area contributed by atoms with E-state index in [1.165, 1.54) is 51.4 Å². The smallest absolute Gasteiger partial charge is 0.342 e. The monoisotopic (exact) mass is 323 g/mol. The maximum atomic E-state index is 11.6. The van der Waals surface area contributed by atoms with Crippen molar-refractivity contribution < 1.29 is 14.7 Å². The molecule has 0 saturated carbocycles. The van der Waals surface area contributed by atoms with Gasteiger partial charge in [0, 0.05) is 6.20 Å². The number of carboxylic acid groups (broad SMARTS) is 1. The second-order valence-electron chi connectivity index (χ2n) is 5.88. The maximum absolute atomic E-state index is 11.6. The molecule has 0 radical (unpaired) electrons. The molecule has 0 spiro atoms. The van der Waals surface area contributed by atoms with Crippen LogP contribution in [0.2, 0.25) is 0 Å². The minimum Gasteiger partial charge on any atom is -0.480 e. The fourth-order valence-electron chi connectivity index (χ4n) is 2.46. The van der Waals surface area contributed by atoms with E-state index in [0.717, 1.165) is 23.2 Å². The normalized spacial score (nSPS) is 10.7. The van der Waals surface area contributed by atoms with Gasteiger partial charge in [0.15, 0.2) is 0 Å². The molecule has 1 rings (SSSR count). The van der Waals surface area contributed by atoms with Crippen LogP contribution in [0.3, 0.4) is 0 Å². The van der Waals surface area contributed by atoms with Crippen LogP contribution in [0.1, 0.15) is 70.4 Å². The average Bonchev–Trinajstić information content (AvgIpc) is 3.00. The van der Waals surface area contributed by atoms with Crippen LogP contribution in [0.4, 0.5) is 4.79 Å². The molecule has 1 amide bonds. The summed E-state index contributed by atoms with van der Waals surface area (Å²) in [5.41, 5.74) is 0.874. The predicted octanol–water partition coefficient (Wildman–Crippen LogP) is 3.60. The number of carboxylic acids is 1. The number of aryl methyl sites for hydroxylation is 1. The average molecular weight is 323 g/mol. The van der Waals surface area contributed by atoms with Crippen molar-refractivity contribution in [1.82, 2.24) is 15.1 Å². The lowest BCUT2D eigenvalue weighted by Gasteiger charge is -2.02. The fraction of sp³-hybridized carbons (Fsp3) is 0.706. The highest BCUT2D eigenvalue weighted by molar-refractivity contribution is 5.80. The third kappa shape index (κ3) is 9.01. The summed E-state index contributed by atoms with van der Waals surface area (Å²) in [6.45, 7) is 1.84. The Hall–Kier alpha value is -1.85. The van der Waals surface area contributed by atoms with Crippen molar-refractivity contribution in [3.05, 3.63) is 18.0 Å². The number of unbranched alkanes of at least 4 members (excludes halogenated alkanes) is 8. The van der Waals surface area contributed by atoms with Gasteiger partial charge in [-0.15, -0.1) is 0 Å². The molecule has 0 aliphatic carbocycles. The van der Waals surface area contributed by atoms with Gasteiger partial charge in [-0.05, 0) is 18.9 Å². The van der Waals surface area contributed by atoms with Crippen molar-refractivity contribution in [2.24, 2.45) is 0 Å². The molecule has 0 bridgehead atoms. The topological polar surface area (TPSA) is 84.2 Å². The van der Waals surface area contributed by atoms with Gasteiger partial charge in [0.2, 0.25) is 0 Å². The molecule has 1 heterocycles. The quantitative estimate of drug-likeness (QED) is 0.576. The summed E-state index contributed by atoms with van der Waals surface area (Å²) in [5.74, 6) is -1.07. The molecule has 0 atom stereocenters. The Bertz CT molecular complexity index is 471. The third-order valence-electron chi connectivity index (χ3n) is 3.78. The van der Waals surface area contributed by atoms with E-state index < -0.39 is 18.5 Å². The Morgan fingerprint density at radius 3 is 2.30 bits per heavy atom. The molecular weight excluding hydrogens is 294 g/mol. The molecule has 0 aliphatic heterocycles. The number of hydrogen-bond donors (Lipinski definition) is 2. The third-order valence-corrected chi connectivity index (χ3v) is 3.78. The number of amides is 1. The number of nitrogens with zero attached hydrogens (tertiary/aromatic N) is 2. The van der Waals surface area contributed by atoms with Gasteiger partial charge in [-0.3, -0.25) is 4.79 Å². The molecule has 1 aromatic rings. The number of carbonyl (C=O) groups is 2. The highest BCUT2D eigenvalue weighted by Gasteiger charge is 2.08. The van der Waals surface area contributed by atoms with E-state index in [0.29, 0.717) is 0 Å². The first kappa shape index (κ1) is 19.2. The lowest BCUT2D eigenvalue weighted by Crippen LogP contribution is -2.33. The predicted molar refractivity (Wildman–Crippen MR) is 89.6 cm³/mol. The van der Waals surface area contributed by atoms with Crippen LogP contribution in [-0.2, 0) is 11.2 Å². The molecule has 0 unspecified atom stereocenters. The molecule has 130 valence electrons. The minimum absolute atomic E-state index is 0.397. The van der Waals surface area contributed by atoms with Gasteiger partial charge in [-0.25, -0.2) is 4.79 Å². The molecule has 1 aromatic heterocycles. The number of hydrogen-bond acceptors (Lipinski definition) is 3. The van der Waals surface area contributed by atoms with Gasteiger partial charge in [0.25, 0.3) is 0 Å². The van der Waals surface area contributed by atoms with Gasteiger partial charge in [0.05, 0.1) is 5.69 Å². The van der Waals surface area contributed by atoms with E-state index in [4.69, 9.17) is 5.11 Å². The van der Waals surface area contributed by atoms with Gasteiger partial charge >= 0.3 is 12.0 Å². The van der Waals surface area contributed by atoms with E-state index in [-0.39, 0.29) is 0 Å². The highest BCUT2D eigenvalue weighted by atomic mass is 16.4. The number of aliphatic carboxylic acids is 1. The molecule has 2 N–H and O–H groups in total. The van der Waals surface area contributed by atoms with Crippen LogP contribution >= 0.6 is 0 Å². The summed E-state index contributed by atoms with van der Waals surface area (Å²) >= 11 is 0. The van der Waals surface area contributed by atoms with E-state index >= 15 is 0 Å². The Morgan fingerprint density at radius 2 is 1.70 bits per heavy atom. The van der Waals surface area contributed by atoms with Crippen LogP contribution < -0.4 is 5.32 Å². The standard InChI is InChI=1S/C17H29N3O3/c1-2-3-4-5-6-7-8-9-10-11-15-12-13-20(19-15)17(23)18-14-16(21)22/h12-13H,2-11,14H2,1H3,(H,18,23)(H,21,22). The highest BCUT2D eigenvalue weighted by Crippen LogP contribution is 2.11. The zero-order valence-electron chi connectivity index (χ0n) is 14.1. The summed E-state index contributed by atoms with van der Waals surface area (Å²) in [4.78, 5) is 22.0. The van der Waals surface area contributed by atoms with E-state index in [9.17, 15) is 9.59 Å². The van der Waals surface area contributed by atoms with Crippen molar-refractivity contribution in [1.29, 1.82) is 0 Å². The Morgan fingerprint density at radius 1 is 1.09 bits per heavy atom. The van der Waals surface area contributed by atoms with E-state index in [1.807, 2.05) is 6.07 Å². The SMILES string of the molecule is CCCCCCCCCCCc1ccn(C(=O)NCC(=O)O)n1. The molecule has 0 aliphatic rings. The maximum Gasteiger partial charge on any atom is 0.342 e. The first-order valence-electron chi connectivity index (χ1n) is 8.68. The first-order valence-corrected chi connectivity index (χ1v) is 8.68. The van der Waals surface area contributed by atoms with Crippen LogP contribution in [0, 0.1) is 0 Å². The van der Waals surface area contributed by atoms with E-state index in [1.54, 1.807) is 6.20 Å². The van der Waals surface area contributed by atoms with Gasteiger partial charge < -0.3 is 10.4 Å². The van der Waals surface area contributed by atoms with Crippen LogP contribution in [-0.4, -0.2) is 33.4 Å². The summed E-state index contributed by atoms with van der Waals surface area (Å²) < 4.78 is 1.16. The molecule has 6 nitrogen and oxygen atoms in total. The van der Waals surface area contributed by atoms with Crippen molar-refractivity contribution in [3.63, 3.8) is 0 Å². The first-order chi connectivity index (χ1) is 11.1. The Kier molecular flexibility index (Phi) is 9.75. The Balaban J connectivity index is 2.09. The van der Waals surface area contributed by atoms with Gasteiger partial charge in [-0.1, -0.05) is 58.3 Å². The minimum atomic E-state index is -1.07. The fourth-order valence-corrected chi connectivity index (χ4v) is 2.46. The number of aromatic nitrogens is 2. The van der Waals surface area contributed by atoms with Crippen molar-refractivity contribution in [3.8, 4) is 0 Å². The van der Waals surface area contributed by atoms with Crippen molar-refractivity contribution in [2.75, 3.05) is 6.54 Å². The number of nitrogens with one attached hydrogen (secondary N) is 1. The van der Waals surface area contributed by atoms with E-state index in [2.05, 4.69) is 17.3 Å². The summed E-state index contributed by atoms with van der Waals surface area (Å²) in [7, 11) is 0. The van der Waals surface area contributed by atoms with Gasteiger partial charge in [-0.2, -0.15) is 9.78 Å². The molecule has 0 saturated heterocycles. The zero-order chi connectivity index (χ0) is 16.9. The number of rotatable bonds is 12. The van der Waals surface area contributed by atoms with Crippen molar-refractivity contribution in [2.45, 2.75) is 71.1 Å². The molecule has 0 aromatic carbocycles. The number of carbonyl (C=O) groups excluding carboxylic acids is 1. The largest absolute Gasteiger partial charge is 0.480 e. The zero-order valence-corrected chi connectivity index (χ0v) is 14.1. The lowest BCUT2D eigenvalue weighted by atomic mass is 10.1. The molecule has 0 fully saturated rings. The van der Waals surface area contributed by atoms with Gasteiger partial charge in [0.1, 0.15) is 6.54 Å². The van der Waals surface area contributed by atoms with Crippen LogP contribution in [0.25, 0.3) is 0 Å². The Labute approximate surface area is 138 Å². The van der Waals surface area contributed by atoms with Crippen LogP contribution in [0.15, 0.2) is 12.3 Å². The summed E-state index contributed by atoms with van der Waals surface area (Å²) in [6, 6.07) is 1.30. The lowest BCUT2D eigenvalue weighted by molar-refractivity contribution is -0.135. The molecular formula is C17H29N3O3. The summed E-state index contributed by atoms with van der Waals surface area (Å²) in [5, 5.41) is 15.0.